The molecule has 186 valence electrons. The summed E-state index contributed by atoms with van der Waals surface area (Å²) in [5.74, 6) is 0. The molecule has 38 heavy (non-hydrogen) atoms. The van der Waals surface area contributed by atoms with Crippen LogP contribution < -0.4 is 4.98 Å². The molecule has 4 aromatic rings. The Morgan fingerprint density at radius 1 is 0.605 bits per heavy atom. The fourth-order valence-corrected chi connectivity index (χ4v) is 3.51. The molecular weight excluding hydrogens is 480 g/mol. The van der Waals surface area contributed by atoms with Gasteiger partial charge in [-0.2, -0.15) is 0 Å². The topological polar surface area (TPSA) is 113 Å². The molecule has 0 saturated carbocycles. The van der Waals surface area contributed by atoms with Gasteiger partial charge in [0.2, 0.25) is 5.69 Å². The molecular formula is C30H23N4O4+. The van der Waals surface area contributed by atoms with Crippen molar-refractivity contribution in [2.75, 3.05) is 0 Å². The maximum atomic E-state index is 10.8. The maximum absolute atomic E-state index is 10.8. The predicted octanol–water partition coefficient (Wildman–Crippen LogP) is 6.83. The minimum atomic E-state index is -0.417. The number of hydrogen-bond acceptors (Lipinski definition) is 5. The average molecular weight is 504 g/mol. The molecule has 0 saturated heterocycles. The van der Waals surface area contributed by atoms with Crippen LogP contribution in [-0.4, -0.2) is 14.8 Å². The van der Waals surface area contributed by atoms with Gasteiger partial charge < -0.3 is 0 Å². The molecule has 2 aromatic carbocycles. The Kier molecular flexibility index (Phi) is 8.39. The Bertz CT molecular complexity index is 1440. The summed E-state index contributed by atoms with van der Waals surface area (Å²) < 4.78 is 0. The summed E-state index contributed by atoms with van der Waals surface area (Å²) in [6.07, 6.45) is 18.8. The Labute approximate surface area is 219 Å². The van der Waals surface area contributed by atoms with E-state index in [-0.39, 0.29) is 11.4 Å². The van der Waals surface area contributed by atoms with Crippen molar-refractivity contribution in [3.63, 3.8) is 0 Å². The van der Waals surface area contributed by atoms with E-state index in [2.05, 4.69) is 9.97 Å². The van der Waals surface area contributed by atoms with Crippen molar-refractivity contribution in [1.82, 2.24) is 4.98 Å². The number of aromatic amines is 1. The lowest BCUT2D eigenvalue weighted by Gasteiger charge is -1.98. The molecule has 0 fully saturated rings. The van der Waals surface area contributed by atoms with Crippen LogP contribution in [0.25, 0.3) is 35.7 Å². The predicted molar refractivity (Wildman–Crippen MR) is 149 cm³/mol. The number of rotatable bonds is 9. The first-order valence-electron chi connectivity index (χ1n) is 11.6. The molecule has 2 aromatic heterocycles. The molecule has 0 radical (unpaired) electrons. The van der Waals surface area contributed by atoms with Gasteiger partial charge in [-0.15, -0.1) is 0 Å². The van der Waals surface area contributed by atoms with E-state index in [0.29, 0.717) is 0 Å². The normalized spacial score (nSPS) is 11.7. The fraction of sp³-hybridized carbons (Fsp3) is 0. The van der Waals surface area contributed by atoms with Crippen LogP contribution >= 0.6 is 0 Å². The summed E-state index contributed by atoms with van der Waals surface area (Å²) in [5.41, 5.74) is 5.50. The molecule has 0 aliphatic heterocycles. The van der Waals surface area contributed by atoms with Gasteiger partial charge in [-0.1, -0.05) is 48.6 Å². The van der Waals surface area contributed by atoms with E-state index >= 15 is 0 Å². The minimum Gasteiger partial charge on any atom is -0.258 e. The Balaban J connectivity index is 1.39. The van der Waals surface area contributed by atoms with Crippen molar-refractivity contribution >= 4 is 35.7 Å². The number of nitrogens with zero attached hydrogens (tertiary/aromatic N) is 3. The second-order valence-electron chi connectivity index (χ2n) is 8.14. The third kappa shape index (κ3) is 7.25. The Morgan fingerprint density at radius 2 is 1.08 bits per heavy atom. The molecule has 8 nitrogen and oxygen atoms in total. The van der Waals surface area contributed by atoms with Crippen molar-refractivity contribution in [2.24, 2.45) is 0 Å². The first-order valence-corrected chi connectivity index (χ1v) is 11.6. The first-order chi connectivity index (χ1) is 18.5. The number of non-ortho nitro benzene ring substituents is 2. The summed E-state index contributed by atoms with van der Waals surface area (Å²) >= 11 is 0. The van der Waals surface area contributed by atoms with Crippen LogP contribution in [0.2, 0.25) is 0 Å². The second kappa shape index (κ2) is 12.5. The fourth-order valence-electron chi connectivity index (χ4n) is 3.51. The van der Waals surface area contributed by atoms with E-state index in [0.717, 1.165) is 33.6 Å². The van der Waals surface area contributed by atoms with E-state index in [9.17, 15) is 20.2 Å². The molecule has 0 bridgehead atoms. The van der Waals surface area contributed by atoms with Crippen LogP contribution in [0.5, 0.6) is 0 Å². The van der Waals surface area contributed by atoms with Gasteiger partial charge in [0.05, 0.1) is 9.85 Å². The first kappa shape index (κ1) is 25.6. The van der Waals surface area contributed by atoms with Gasteiger partial charge in [-0.3, -0.25) is 20.2 Å². The quantitative estimate of drug-likeness (QED) is 0.141. The summed E-state index contributed by atoms with van der Waals surface area (Å²) in [4.78, 5) is 28.4. The van der Waals surface area contributed by atoms with Crippen molar-refractivity contribution in [1.29, 1.82) is 0 Å². The van der Waals surface area contributed by atoms with Gasteiger partial charge >= 0.3 is 0 Å². The Morgan fingerprint density at radius 3 is 1.58 bits per heavy atom. The van der Waals surface area contributed by atoms with Gasteiger partial charge in [0.15, 0.2) is 6.20 Å². The number of H-pyrrole nitrogens is 1. The molecule has 0 aliphatic rings. The third-order valence-corrected chi connectivity index (χ3v) is 5.47. The van der Waals surface area contributed by atoms with Crippen LogP contribution in [0.4, 0.5) is 11.4 Å². The smallest absolute Gasteiger partial charge is 0.258 e. The van der Waals surface area contributed by atoms with Gasteiger partial charge in [0.1, 0.15) is 5.69 Å². The van der Waals surface area contributed by atoms with Crippen molar-refractivity contribution < 1.29 is 14.8 Å². The highest BCUT2D eigenvalue weighted by Crippen LogP contribution is 2.17. The zero-order valence-electron chi connectivity index (χ0n) is 20.2. The SMILES string of the molecule is O=[N+]([O-])c1ccc(/C=C/C=C/c2ccnc(-c3cc(/C=C/C=C/c4ccc([N+](=O)[O-])cc4)cc[nH+]3)c2)cc1. The number of nitro groups is 2. The van der Waals surface area contributed by atoms with Gasteiger partial charge in [-0.25, -0.2) is 9.97 Å². The highest BCUT2D eigenvalue weighted by atomic mass is 16.6. The third-order valence-electron chi connectivity index (χ3n) is 5.47. The Hall–Kier alpha value is -5.50. The molecule has 0 amide bonds. The number of nitro benzene ring substituents is 2. The van der Waals surface area contributed by atoms with Gasteiger partial charge in [0.25, 0.3) is 11.4 Å². The summed E-state index contributed by atoms with van der Waals surface area (Å²) in [6, 6.07) is 20.6. The summed E-state index contributed by atoms with van der Waals surface area (Å²) in [7, 11) is 0. The lowest BCUT2D eigenvalue weighted by Crippen LogP contribution is -2.06. The lowest BCUT2D eigenvalue weighted by atomic mass is 10.1. The molecule has 8 heteroatoms. The number of aromatic nitrogens is 2. The highest BCUT2D eigenvalue weighted by molar-refractivity contribution is 5.64. The molecule has 0 aliphatic carbocycles. The van der Waals surface area contributed by atoms with Gasteiger partial charge in [-0.05, 0) is 58.7 Å². The zero-order chi connectivity index (χ0) is 26.7. The van der Waals surface area contributed by atoms with Crippen LogP contribution in [0.15, 0.2) is 109 Å². The van der Waals surface area contributed by atoms with Crippen LogP contribution in [0, 0.1) is 20.2 Å². The van der Waals surface area contributed by atoms with E-state index in [1.165, 1.54) is 24.3 Å². The molecule has 1 N–H and O–H groups in total. The minimum absolute atomic E-state index is 0.0667. The van der Waals surface area contributed by atoms with E-state index < -0.39 is 9.85 Å². The number of pyridine rings is 2. The summed E-state index contributed by atoms with van der Waals surface area (Å²) in [5, 5.41) is 21.5. The molecule has 2 heterocycles. The lowest BCUT2D eigenvalue weighted by molar-refractivity contribution is -0.385. The number of nitrogens with one attached hydrogen (secondary N) is 1. The average Bonchev–Trinajstić information content (AvgIpc) is 2.94. The number of benzene rings is 2. The van der Waals surface area contributed by atoms with Crippen molar-refractivity contribution in [3.05, 3.63) is 152 Å². The maximum Gasteiger partial charge on any atom is 0.269 e. The molecule has 4 rings (SSSR count). The van der Waals surface area contributed by atoms with Crippen LogP contribution in [0.3, 0.4) is 0 Å². The summed E-state index contributed by atoms with van der Waals surface area (Å²) in [6.45, 7) is 0. The van der Waals surface area contributed by atoms with E-state index in [4.69, 9.17) is 0 Å². The highest BCUT2D eigenvalue weighted by Gasteiger charge is 2.07. The van der Waals surface area contributed by atoms with Crippen LogP contribution in [0.1, 0.15) is 22.3 Å². The van der Waals surface area contributed by atoms with Crippen molar-refractivity contribution in [2.45, 2.75) is 0 Å². The van der Waals surface area contributed by atoms with E-state index in [1.54, 1.807) is 30.5 Å². The monoisotopic (exact) mass is 503 g/mol. The number of allylic oxidation sites excluding steroid dienone is 4. The van der Waals surface area contributed by atoms with Crippen molar-refractivity contribution in [3.8, 4) is 11.4 Å². The second-order valence-corrected chi connectivity index (χ2v) is 8.14. The van der Waals surface area contributed by atoms with Crippen LogP contribution in [-0.2, 0) is 0 Å². The largest absolute Gasteiger partial charge is 0.269 e. The molecule has 0 spiro atoms. The molecule has 0 atom stereocenters. The van der Waals surface area contributed by atoms with E-state index in [1.807, 2.05) is 79.1 Å². The molecule has 0 unspecified atom stereocenters. The standard InChI is InChI=1S/C30H22N4O4/c35-33(36)27-13-9-23(10-14-27)5-1-3-7-25-17-19-31-29(21-25)30-22-26(18-20-32-30)8-4-2-6-24-11-15-28(16-12-24)34(37)38/h1-22H/p+1/b5-1+,6-2+,7-3+,8-4+. The zero-order valence-corrected chi connectivity index (χ0v) is 20.2. The number of hydrogen-bond donors (Lipinski definition) is 0. The van der Waals surface area contributed by atoms with Gasteiger partial charge in [0, 0.05) is 42.6 Å².